The molecule has 1 atom stereocenters. The Kier molecular flexibility index (Phi) is 5.16. The minimum absolute atomic E-state index is 0.167. The second-order valence-electron chi connectivity index (χ2n) is 4.88. The van der Waals surface area contributed by atoms with Crippen molar-refractivity contribution in [1.29, 1.82) is 0 Å². The summed E-state index contributed by atoms with van der Waals surface area (Å²) >= 11 is 0. The van der Waals surface area contributed by atoms with E-state index in [1.165, 1.54) is 5.57 Å². The fourth-order valence-corrected chi connectivity index (χ4v) is 2.03. The summed E-state index contributed by atoms with van der Waals surface area (Å²) in [5, 5.41) is 0. The molecule has 1 rings (SSSR count). The molecule has 17 heavy (non-hydrogen) atoms. The van der Waals surface area contributed by atoms with Crippen LogP contribution in [0, 0.1) is 0 Å². The van der Waals surface area contributed by atoms with Crippen LogP contribution in [-0.4, -0.2) is 37.2 Å². The normalized spacial score (nSPS) is 27.8. The second-order valence-corrected chi connectivity index (χ2v) is 4.88. The summed E-state index contributed by atoms with van der Waals surface area (Å²) in [6.45, 7) is 13.2. The highest BCUT2D eigenvalue weighted by molar-refractivity contribution is 5.42. The molecule has 0 spiro atoms. The first-order valence-corrected chi connectivity index (χ1v) is 6.37. The molecule has 0 radical (unpaired) electrons. The SMILES string of the molecule is C=C1COC(C)(CCN(C)CC)/C1=C/C=C\C. The predicted octanol–water partition coefficient (Wildman–Crippen LogP) is 3.18. The largest absolute Gasteiger partial charge is 0.366 e. The van der Waals surface area contributed by atoms with Crippen LogP contribution in [0.3, 0.4) is 0 Å². The Hall–Kier alpha value is -0.860. The van der Waals surface area contributed by atoms with Crippen molar-refractivity contribution in [3.05, 3.63) is 36.0 Å². The summed E-state index contributed by atoms with van der Waals surface area (Å²) in [5.74, 6) is 0. The zero-order valence-electron chi connectivity index (χ0n) is 11.6. The molecule has 1 unspecified atom stereocenters. The predicted molar refractivity (Wildman–Crippen MR) is 74.2 cm³/mol. The molecule has 1 heterocycles. The minimum atomic E-state index is -0.167. The molecule has 1 aliphatic rings. The van der Waals surface area contributed by atoms with Gasteiger partial charge < -0.3 is 9.64 Å². The van der Waals surface area contributed by atoms with Gasteiger partial charge in [-0.25, -0.2) is 0 Å². The topological polar surface area (TPSA) is 12.5 Å². The number of ether oxygens (including phenoxy) is 1. The van der Waals surface area contributed by atoms with E-state index in [0.717, 1.165) is 25.1 Å². The highest BCUT2D eigenvalue weighted by Crippen LogP contribution is 2.37. The maximum absolute atomic E-state index is 5.93. The number of hydrogen-bond donors (Lipinski definition) is 0. The number of allylic oxidation sites excluding steroid dienone is 3. The van der Waals surface area contributed by atoms with Gasteiger partial charge in [0.25, 0.3) is 0 Å². The molecule has 0 aromatic rings. The van der Waals surface area contributed by atoms with E-state index >= 15 is 0 Å². The van der Waals surface area contributed by atoms with Crippen LogP contribution < -0.4 is 0 Å². The molecular formula is C15H25NO. The van der Waals surface area contributed by atoms with Crippen molar-refractivity contribution in [2.24, 2.45) is 0 Å². The molecule has 0 bridgehead atoms. The van der Waals surface area contributed by atoms with Crippen molar-refractivity contribution in [1.82, 2.24) is 4.90 Å². The van der Waals surface area contributed by atoms with Gasteiger partial charge >= 0.3 is 0 Å². The van der Waals surface area contributed by atoms with E-state index in [2.05, 4.69) is 44.5 Å². The van der Waals surface area contributed by atoms with Crippen LogP contribution in [0.1, 0.15) is 27.2 Å². The first-order chi connectivity index (χ1) is 8.03. The fraction of sp³-hybridized carbons (Fsp3) is 0.600. The van der Waals surface area contributed by atoms with E-state index in [4.69, 9.17) is 4.74 Å². The summed E-state index contributed by atoms with van der Waals surface area (Å²) in [7, 11) is 2.14. The Morgan fingerprint density at radius 3 is 2.82 bits per heavy atom. The third-order valence-electron chi connectivity index (χ3n) is 3.48. The van der Waals surface area contributed by atoms with Crippen LogP contribution in [0.5, 0.6) is 0 Å². The van der Waals surface area contributed by atoms with Gasteiger partial charge in [0.1, 0.15) is 0 Å². The van der Waals surface area contributed by atoms with Crippen molar-refractivity contribution in [2.75, 3.05) is 26.7 Å². The average Bonchev–Trinajstić information content (AvgIpc) is 2.61. The molecule has 1 fully saturated rings. The Bertz CT molecular complexity index is 330. The van der Waals surface area contributed by atoms with Crippen molar-refractivity contribution in [3.8, 4) is 0 Å². The quantitative estimate of drug-likeness (QED) is 0.725. The van der Waals surface area contributed by atoms with Crippen molar-refractivity contribution in [2.45, 2.75) is 32.8 Å². The molecule has 0 aromatic carbocycles. The van der Waals surface area contributed by atoms with Crippen molar-refractivity contribution >= 4 is 0 Å². The summed E-state index contributed by atoms with van der Waals surface area (Å²) in [4.78, 5) is 2.31. The summed E-state index contributed by atoms with van der Waals surface area (Å²) in [6, 6.07) is 0. The van der Waals surface area contributed by atoms with Crippen molar-refractivity contribution in [3.63, 3.8) is 0 Å². The smallest absolute Gasteiger partial charge is 0.0923 e. The van der Waals surface area contributed by atoms with E-state index in [9.17, 15) is 0 Å². The third kappa shape index (κ3) is 3.55. The Labute approximate surface area is 106 Å². The van der Waals surface area contributed by atoms with Crippen LogP contribution in [0.2, 0.25) is 0 Å². The van der Waals surface area contributed by atoms with E-state index in [-0.39, 0.29) is 5.60 Å². The monoisotopic (exact) mass is 235 g/mol. The van der Waals surface area contributed by atoms with E-state index in [0.29, 0.717) is 6.61 Å². The Morgan fingerprint density at radius 2 is 2.24 bits per heavy atom. The summed E-state index contributed by atoms with van der Waals surface area (Å²) in [6.07, 6.45) is 7.26. The molecule has 1 aliphatic heterocycles. The molecule has 1 saturated heterocycles. The molecule has 0 saturated carbocycles. The number of nitrogens with zero attached hydrogens (tertiary/aromatic N) is 1. The van der Waals surface area contributed by atoms with Crippen LogP contribution >= 0.6 is 0 Å². The molecule has 0 aliphatic carbocycles. The van der Waals surface area contributed by atoms with Gasteiger partial charge in [-0.15, -0.1) is 0 Å². The van der Waals surface area contributed by atoms with Gasteiger partial charge in [-0.3, -0.25) is 0 Å². The van der Waals surface area contributed by atoms with Crippen LogP contribution in [-0.2, 0) is 4.74 Å². The summed E-state index contributed by atoms with van der Waals surface area (Å²) in [5.41, 5.74) is 2.20. The lowest BCUT2D eigenvalue weighted by molar-refractivity contribution is 0.0293. The maximum atomic E-state index is 5.93. The molecule has 0 amide bonds. The first kappa shape index (κ1) is 14.2. The van der Waals surface area contributed by atoms with Crippen molar-refractivity contribution < 1.29 is 4.74 Å². The minimum Gasteiger partial charge on any atom is -0.366 e. The zero-order valence-corrected chi connectivity index (χ0v) is 11.6. The standard InChI is InChI=1S/C15H25NO/c1-6-8-9-14-13(3)12-17-15(14,4)10-11-16(5)7-2/h6,8-9H,3,7,10-12H2,1-2,4-5H3/b8-6-,14-9+. The summed E-state index contributed by atoms with van der Waals surface area (Å²) < 4.78 is 5.93. The lowest BCUT2D eigenvalue weighted by Gasteiger charge is -2.27. The van der Waals surface area contributed by atoms with Gasteiger partial charge in [0.15, 0.2) is 0 Å². The highest BCUT2D eigenvalue weighted by Gasteiger charge is 2.36. The van der Waals surface area contributed by atoms with Gasteiger partial charge in [0, 0.05) is 6.54 Å². The van der Waals surface area contributed by atoms with Gasteiger partial charge in [-0.05, 0) is 45.0 Å². The van der Waals surface area contributed by atoms with Crippen LogP contribution in [0.4, 0.5) is 0 Å². The van der Waals surface area contributed by atoms with E-state index < -0.39 is 0 Å². The Balaban J connectivity index is 2.75. The number of hydrogen-bond acceptors (Lipinski definition) is 2. The average molecular weight is 235 g/mol. The van der Waals surface area contributed by atoms with Gasteiger partial charge in [-0.1, -0.05) is 31.7 Å². The maximum Gasteiger partial charge on any atom is 0.0923 e. The molecule has 0 aromatic heterocycles. The molecule has 0 N–H and O–H groups in total. The van der Waals surface area contributed by atoms with E-state index in [1.54, 1.807) is 0 Å². The zero-order chi connectivity index (χ0) is 12.9. The Morgan fingerprint density at radius 1 is 1.53 bits per heavy atom. The molecule has 96 valence electrons. The first-order valence-electron chi connectivity index (χ1n) is 6.37. The molecular weight excluding hydrogens is 210 g/mol. The lowest BCUT2D eigenvalue weighted by atomic mass is 9.89. The highest BCUT2D eigenvalue weighted by atomic mass is 16.5. The van der Waals surface area contributed by atoms with Gasteiger partial charge in [-0.2, -0.15) is 0 Å². The lowest BCUT2D eigenvalue weighted by Crippen LogP contribution is -2.32. The molecule has 2 nitrogen and oxygen atoms in total. The third-order valence-corrected chi connectivity index (χ3v) is 3.48. The van der Waals surface area contributed by atoms with Crippen LogP contribution in [0.25, 0.3) is 0 Å². The van der Waals surface area contributed by atoms with Gasteiger partial charge in [0.2, 0.25) is 0 Å². The second kappa shape index (κ2) is 6.18. The molecule has 2 heteroatoms. The fourth-order valence-electron chi connectivity index (χ4n) is 2.03. The van der Waals surface area contributed by atoms with Crippen LogP contribution in [0.15, 0.2) is 36.0 Å². The van der Waals surface area contributed by atoms with Gasteiger partial charge in [0.05, 0.1) is 12.2 Å². The van der Waals surface area contributed by atoms with E-state index in [1.807, 2.05) is 13.0 Å². The number of rotatable bonds is 5.